The van der Waals surface area contributed by atoms with Crippen LogP contribution in [0.15, 0.2) is 71.5 Å². The number of rotatable bonds is 7. The maximum Gasteiger partial charge on any atom is 0.193 e. The summed E-state index contributed by atoms with van der Waals surface area (Å²) in [4.78, 5) is 24.6. The molecule has 5 nitrogen and oxygen atoms in total. The average molecular weight is 403 g/mol. The fourth-order valence-electron chi connectivity index (χ4n) is 4.16. The van der Waals surface area contributed by atoms with Gasteiger partial charge < -0.3 is 14.7 Å². The lowest BCUT2D eigenvalue weighted by molar-refractivity contribution is 0.103. The molecular formula is C25H30N4O. The number of fused-ring (bicyclic) bond motifs is 1. The Morgan fingerprint density at radius 2 is 1.73 bits per heavy atom. The predicted molar refractivity (Wildman–Crippen MR) is 121 cm³/mol. The number of likely N-dealkylation sites (N-methyl/N-ethyl adjacent to an activating group) is 1. The third-order valence-corrected chi connectivity index (χ3v) is 5.78. The van der Waals surface area contributed by atoms with Gasteiger partial charge in [-0.05, 0) is 18.4 Å². The van der Waals surface area contributed by atoms with Crippen molar-refractivity contribution in [3.63, 3.8) is 0 Å². The second-order valence-corrected chi connectivity index (χ2v) is 8.01. The van der Waals surface area contributed by atoms with E-state index in [4.69, 9.17) is 4.99 Å². The van der Waals surface area contributed by atoms with Gasteiger partial charge in [-0.1, -0.05) is 68.4 Å². The average Bonchev–Trinajstić information content (AvgIpc) is 3.11. The van der Waals surface area contributed by atoms with E-state index < -0.39 is 0 Å². The molecule has 1 unspecified atom stereocenters. The van der Waals surface area contributed by atoms with Crippen molar-refractivity contribution in [3.05, 3.63) is 83.2 Å². The van der Waals surface area contributed by atoms with E-state index in [9.17, 15) is 4.79 Å². The van der Waals surface area contributed by atoms with Crippen LogP contribution in [0.3, 0.4) is 0 Å². The van der Waals surface area contributed by atoms with E-state index in [0.29, 0.717) is 0 Å². The maximum atomic E-state index is 12.6. The topological polar surface area (TPSA) is 39.1 Å². The van der Waals surface area contributed by atoms with Crippen LogP contribution in [0.4, 0.5) is 0 Å². The smallest absolute Gasteiger partial charge is 0.193 e. The summed E-state index contributed by atoms with van der Waals surface area (Å²) < 4.78 is 0. The second kappa shape index (κ2) is 8.74. The standard InChI is InChI=1S/C25H30N4O/c1-4-15-29-18-28(17-22-25(29)26-23(5-2)27(22)3)16-19-11-13-21(14-12-19)24(30)20-9-7-6-8-10-20/h6-14,17,23H,4-5,15-16,18H2,1-3H3. The lowest BCUT2D eigenvalue weighted by Gasteiger charge is -2.37. The van der Waals surface area contributed by atoms with Gasteiger partial charge in [-0.25, -0.2) is 4.99 Å². The van der Waals surface area contributed by atoms with Gasteiger partial charge in [0.05, 0.1) is 12.4 Å². The summed E-state index contributed by atoms with van der Waals surface area (Å²) in [5.74, 6) is 1.20. The van der Waals surface area contributed by atoms with Gasteiger partial charge in [0.25, 0.3) is 0 Å². The van der Waals surface area contributed by atoms with Crippen molar-refractivity contribution in [2.24, 2.45) is 4.99 Å². The van der Waals surface area contributed by atoms with E-state index in [1.807, 2.05) is 42.5 Å². The summed E-state index contributed by atoms with van der Waals surface area (Å²) in [6, 6.07) is 17.4. The molecule has 156 valence electrons. The lowest BCUT2D eigenvalue weighted by Crippen LogP contribution is -2.45. The fourth-order valence-corrected chi connectivity index (χ4v) is 4.16. The molecule has 30 heavy (non-hydrogen) atoms. The van der Waals surface area contributed by atoms with Crippen LogP contribution >= 0.6 is 0 Å². The number of hydrogen-bond donors (Lipinski definition) is 0. The van der Waals surface area contributed by atoms with Crippen molar-refractivity contribution in [1.29, 1.82) is 0 Å². The summed E-state index contributed by atoms with van der Waals surface area (Å²) in [5, 5.41) is 0. The zero-order valence-electron chi connectivity index (χ0n) is 18.1. The third-order valence-electron chi connectivity index (χ3n) is 5.78. The molecule has 0 N–H and O–H groups in total. The molecule has 0 aliphatic carbocycles. The van der Waals surface area contributed by atoms with Gasteiger partial charge in [0, 0.05) is 37.5 Å². The summed E-state index contributed by atoms with van der Waals surface area (Å²) >= 11 is 0. The van der Waals surface area contributed by atoms with Gasteiger partial charge in [-0.3, -0.25) is 4.79 Å². The Bertz CT molecular complexity index is 949. The van der Waals surface area contributed by atoms with Gasteiger partial charge in [-0.15, -0.1) is 0 Å². The van der Waals surface area contributed by atoms with E-state index in [-0.39, 0.29) is 11.9 Å². The van der Waals surface area contributed by atoms with Gasteiger partial charge in [0.15, 0.2) is 11.6 Å². The highest BCUT2D eigenvalue weighted by atomic mass is 16.1. The third kappa shape index (κ3) is 3.97. The van der Waals surface area contributed by atoms with Crippen molar-refractivity contribution >= 4 is 11.6 Å². The van der Waals surface area contributed by atoms with Gasteiger partial charge in [0.2, 0.25) is 0 Å². The van der Waals surface area contributed by atoms with Crippen LogP contribution in [-0.2, 0) is 6.54 Å². The number of benzene rings is 2. The number of carbonyl (C=O) groups excluding carboxylic acids is 1. The first-order valence-electron chi connectivity index (χ1n) is 10.8. The highest BCUT2D eigenvalue weighted by Gasteiger charge is 2.33. The molecule has 0 radical (unpaired) electrons. The maximum absolute atomic E-state index is 12.6. The van der Waals surface area contributed by atoms with Gasteiger partial charge in [0.1, 0.15) is 6.17 Å². The molecule has 2 aliphatic heterocycles. The number of hydrogen-bond acceptors (Lipinski definition) is 5. The van der Waals surface area contributed by atoms with Gasteiger partial charge in [-0.2, -0.15) is 0 Å². The number of amidine groups is 1. The van der Waals surface area contributed by atoms with Crippen molar-refractivity contribution in [3.8, 4) is 0 Å². The highest BCUT2D eigenvalue weighted by Crippen LogP contribution is 2.28. The summed E-state index contributed by atoms with van der Waals surface area (Å²) in [5.41, 5.74) is 3.85. The molecule has 1 atom stereocenters. The minimum Gasteiger partial charge on any atom is -0.354 e. The first-order valence-corrected chi connectivity index (χ1v) is 10.8. The molecular weight excluding hydrogens is 372 g/mol. The van der Waals surface area contributed by atoms with Crippen LogP contribution in [0.25, 0.3) is 0 Å². The molecule has 0 saturated heterocycles. The molecule has 0 bridgehead atoms. The van der Waals surface area contributed by atoms with E-state index in [2.05, 4.69) is 53.9 Å². The van der Waals surface area contributed by atoms with Crippen molar-refractivity contribution in [2.75, 3.05) is 20.3 Å². The summed E-state index contributed by atoms with van der Waals surface area (Å²) in [6.45, 7) is 7.04. The first kappa shape index (κ1) is 20.2. The van der Waals surface area contributed by atoms with Crippen LogP contribution in [-0.4, -0.2) is 52.7 Å². The molecule has 0 aromatic heterocycles. The Balaban J connectivity index is 1.50. The number of ketones is 1. The predicted octanol–water partition coefficient (Wildman–Crippen LogP) is 4.32. The Hall–Kier alpha value is -3.08. The molecule has 5 heteroatoms. The molecule has 2 heterocycles. The Labute approximate surface area is 179 Å². The molecule has 2 aliphatic rings. The Morgan fingerprint density at radius 3 is 2.40 bits per heavy atom. The SMILES string of the molecule is CCCN1CN(Cc2ccc(C(=O)c3ccccc3)cc2)C=C2C1=NC(CC)N2C. The zero-order chi connectivity index (χ0) is 21.1. The van der Waals surface area contributed by atoms with E-state index >= 15 is 0 Å². The molecule has 0 saturated carbocycles. The minimum absolute atomic E-state index is 0.0652. The van der Waals surface area contributed by atoms with Crippen LogP contribution in [0.1, 0.15) is 48.2 Å². The molecule has 0 spiro atoms. The lowest BCUT2D eigenvalue weighted by atomic mass is 10.0. The van der Waals surface area contributed by atoms with Crippen LogP contribution < -0.4 is 0 Å². The molecule has 2 aromatic rings. The number of aliphatic imine (C=N–C) groups is 1. The van der Waals surface area contributed by atoms with E-state index in [0.717, 1.165) is 49.6 Å². The fraction of sp³-hybridized carbons (Fsp3) is 0.360. The first-order chi connectivity index (χ1) is 14.6. The largest absolute Gasteiger partial charge is 0.354 e. The number of carbonyl (C=O) groups is 1. The van der Waals surface area contributed by atoms with E-state index in [1.54, 1.807) is 0 Å². The minimum atomic E-state index is 0.0652. The van der Waals surface area contributed by atoms with Crippen molar-refractivity contribution in [2.45, 2.75) is 39.4 Å². The molecule has 0 amide bonds. The van der Waals surface area contributed by atoms with Crippen molar-refractivity contribution in [1.82, 2.24) is 14.7 Å². The number of nitrogens with zero attached hydrogens (tertiary/aromatic N) is 4. The second-order valence-electron chi connectivity index (χ2n) is 8.01. The van der Waals surface area contributed by atoms with Crippen LogP contribution in [0.5, 0.6) is 0 Å². The quantitative estimate of drug-likeness (QED) is 0.647. The van der Waals surface area contributed by atoms with Crippen LogP contribution in [0, 0.1) is 0 Å². The normalized spacial score (nSPS) is 18.2. The Kier molecular flexibility index (Phi) is 5.88. The van der Waals surface area contributed by atoms with Gasteiger partial charge >= 0.3 is 0 Å². The summed E-state index contributed by atoms with van der Waals surface area (Å²) in [7, 11) is 2.13. The summed E-state index contributed by atoms with van der Waals surface area (Å²) in [6.07, 6.45) is 4.57. The monoisotopic (exact) mass is 402 g/mol. The Morgan fingerprint density at radius 1 is 1.03 bits per heavy atom. The van der Waals surface area contributed by atoms with E-state index in [1.165, 1.54) is 11.3 Å². The zero-order valence-corrected chi connectivity index (χ0v) is 18.1. The van der Waals surface area contributed by atoms with Crippen LogP contribution in [0.2, 0.25) is 0 Å². The highest BCUT2D eigenvalue weighted by molar-refractivity contribution is 6.08. The molecule has 2 aromatic carbocycles. The molecule has 4 rings (SSSR count). The molecule has 0 fully saturated rings. The van der Waals surface area contributed by atoms with Crippen molar-refractivity contribution < 1.29 is 4.79 Å².